The second-order valence-electron chi connectivity index (χ2n) is 4.42. The molecule has 0 spiro atoms. The molecule has 0 saturated heterocycles. The molecule has 0 unspecified atom stereocenters. The summed E-state index contributed by atoms with van der Waals surface area (Å²) in [6.45, 7) is 3.96. The summed E-state index contributed by atoms with van der Waals surface area (Å²) in [6, 6.07) is 5.29. The number of aryl methyl sites for hydroxylation is 1. The monoisotopic (exact) mass is 259 g/mol. The fourth-order valence-corrected chi connectivity index (χ4v) is 2.07. The van der Waals surface area contributed by atoms with Crippen LogP contribution in [0, 0.1) is 0 Å². The molecule has 0 fully saturated rings. The molecule has 1 aliphatic heterocycles. The third kappa shape index (κ3) is 2.93. The Balaban J connectivity index is 2.11. The summed E-state index contributed by atoms with van der Waals surface area (Å²) in [7, 11) is 1.77. The summed E-state index contributed by atoms with van der Waals surface area (Å²) >= 11 is 0. The van der Waals surface area contributed by atoms with Crippen LogP contribution in [-0.2, 0) is 11.2 Å². The molecule has 2 rings (SSSR count). The van der Waals surface area contributed by atoms with Crippen molar-refractivity contribution in [2.45, 2.75) is 12.8 Å². The van der Waals surface area contributed by atoms with Gasteiger partial charge in [0, 0.05) is 31.4 Å². The van der Waals surface area contributed by atoms with Crippen LogP contribution in [0.25, 0.3) is 0 Å². The summed E-state index contributed by atoms with van der Waals surface area (Å²) < 4.78 is 0. The van der Waals surface area contributed by atoms with Gasteiger partial charge >= 0.3 is 6.03 Å². The molecule has 3 amide bonds. The van der Waals surface area contributed by atoms with E-state index in [2.05, 4.69) is 17.2 Å². The Morgan fingerprint density at radius 3 is 3.00 bits per heavy atom. The first-order valence-corrected chi connectivity index (χ1v) is 6.17. The van der Waals surface area contributed by atoms with Gasteiger partial charge in [-0.15, -0.1) is 6.58 Å². The van der Waals surface area contributed by atoms with Crippen LogP contribution in [0.1, 0.15) is 12.0 Å². The summed E-state index contributed by atoms with van der Waals surface area (Å²) in [6.07, 6.45) is 2.84. The first-order chi connectivity index (χ1) is 9.11. The van der Waals surface area contributed by atoms with Gasteiger partial charge in [0.2, 0.25) is 5.91 Å². The molecular formula is C14H17N3O2. The van der Waals surface area contributed by atoms with E-state index < -0.39 is 0 Å². The number of benzene rings is 1. The second-order valence-corrected chi connectivity index (χ2v) is 4.42. The van der Waals surface area contributed by atoms with Crippen LogP contribution in [0.4, 0.5) is 16.2 Å². The quantitative estimate of drug-likeness (QED) is 0.814. The van der Waals surface area contributed by atoms with Gasteiger partial charge in [-0.25, -0.2) is 4.79 Å². The standard InChI is InChI=1S/C14H17N3O2/c1-3-8-15-14(19)16-11-5-6-12-10(9-11)4-7-13(18)17(12)2/h3,5-6,9H,1,4,7-8H2,2H3,(H2,15,16,19). The molecule has 0 bridgehead atoms. The molecule has 5 heteroatoms. The van der Waals surface area contributed by atoms with Crippen LogP contribution in [0.2, 0.25) is 0 Å². The molecule has 0 atom stereocenters. The summed E-state index contributed by atoms with van der Waals surface area (Å²) in [4.78, 5) is 24.7. The number of hydrogen-bond donors (Lipinski definition) is 2. The lowest BCUT2D eigenvalue weighted by molar-refractivity contribution is -0.118. The molecule has 2 N–H and O–H groups in total. The average molecular weight is 259 g/mol. The van der Waals surface area contributed by atoms with E-state index >= 15 is 0 Å². The van der Waals surface area contributed by atoms with Gasteiger partial charge in [-0.2, -0.15) is 0 Å². The first-order valence-electron chi connectivity index (χ1n) is 6.17. The number of nitrogens with one attached hydrogen (secondary N) is 2. The lowest BCUT2D eigenvalue weighted by atomic mass is 10.0. The van der Waals surface area contributed by atoms with Gasteiger partial charge in [0.1, 0.15) is 0 Å². The largest absolute Gasteiger partial charge is 0.334 e. The normalized spacial score (nSPS) is 13.7. The maximum Gasteiger partial charge on any atom is 0.319 e. The number of carbonyl (C=O) groups is 2. The average Bonchev–Trinajstić information content (AvgIpc) is 2.41. The molecule has 1 aliphatic rings. The highest BCUT2D eigenvalue weighted by Gasteiger charge is 2.20. The minimum atomic E-state index is -0.264. The molecule has 0 aromatic heterocycles. The fraction of sp³-hybridized carbons (Fsp3) is 0.286. The number of urea groups is 1. The van der Waals surface area contributed by atoms with Crippen molar-refractivity contribution in [3.8, 4) is 0 Å². The van der Waals surface area contributed by atoms with Gasteiger partial charge in [0.25, 0.3) is 0 Å². The molecule has 1 aromatic carbocycles. The molecule has 19 heavy (non-hydrogen) atoms. The predicted octanol–water partition coefficient (Wildman–Crippen LogP) is 1.90. The zero-order valence-electron chi connectivity index (χ0n) is 10.9. The van der Waals surface area contributed by atoms with Crippen molar-refractivity contribution >= 4 is 23.3 Å². The van der Waals surface area contributed by atoms with E-state index in [-0.39, 0.29) is 11.9 Å². The summed E-state index contributed by atoms with van der Waals surface area (Å²) in [5, 5.41) is 5.40. The molecule has 100 valence electrons. The number of amides is 3. The molecule has 0 aliphatic carbocycles. The van der Waals surface area contributed by atoms with Crippen LogP contribution in [0.3, 0.4) is 0 Å². The van der Waals surface area contributed by atoms with Crippen LogP contribution in [0.5, 0.6) is 0 Å². The first kappa shape index (κ1) is 13.1. The van der Waals surface area contributed by atoms with Gasteiger partial charge in [-0.05, 0) is 30.2 Å². The van der Waals surface area contributed by atoms with Crippen LogP contribution < -0.4 is 15.5 Å². The lowest BCUT2D eigenvalue weighted by Crippen LogP contribution is -2.31. The Bertz CT molecular complexity index is 525. The highest BCUT2D eigenvalue weighted by atomic mass is 16.2. The van der Waals surface area contributed by atoms with Gasteiger partial charge < -0.3 is 15.5 Å². The van der Waals surface area contributed by atoms with Crippen LogP contribution >= 0.6 is 0 Å². The highest BCUT2D eigenvalue weighted by molar-refractivity contribution is 5.97. The number of nitrogens with zero attached hydrogens (tertiary/aromatic N) is 1. The van der Waals surface area contributed by atoms with Gasteiger partial charge in [-0.1, -0.05) is 6.08 Å². The third-order valence-electron chi connectivity index (χ3n) is 3.09. The fourth-order valence-electron chi connectivity index (χ4n) is 2.07. The number of carbonyl (C=O) groups excluding carboxylic acids is 2. The molecule has 0 radical (unpaired) electrons. The highest BCUT2D eigenvalue weighted by Crippen LogP contribution is 2.29. The SMILES string of the molecule is C=CCNC(=O)Nc1ccc2c(c1)CCC(=O)N2C. The van der Waals surface area contributed by atoms with Gasteiger partial charge in [-0.3, -0.25) is 4.79 Å². The van der Waals surface area contributed by atoms with Crippen molar-refractivity contribution in [2.24, 2.45) is 0 Å². The van der Waals surface area contributed by atoms with Gasteiger partial charge in [0.05, 0.1) is 0 Å². The number of fused-ring (bicyclic) bond motifs is 1. The zero-order chi connectivity index (χ0) is 13.8. The molecule has 1 aromatic rings. The number of anilines is 2. The Morgan fingerprint density at radius 1 is 1.47 bits per heavy atom. The third-order valence-corrected chi connectivity index (χ3v) is 3.09. The zero-order valence-corrected chi connectivity index (χ0v) is 10.9. The summed E-state index contributed by atoms with van der Waals surface area (Å²) in [5.41, 5.74) is 2.71. The Hall–Kier alpha value is -2.30. The topological polar surface area (TPSA) is 61.4 Å². The lowest BCUT2D eigenvalue weighted by Gasteiger charge is -2.26. The Morgan fingerprint density at radius 2 is 2.26 bits per heavy atom. The Labute approximate surface area is 112 Å². The van der Waals surface area contributed by atoms with E-state index in [1.54, 1.807) is 24.1 Å². The van der Waals surface area contributed by atoms with Crippen molar-refractivity contribution in [3.05, 3.63) is 36.4 Å². The van der Waals surface area contributed by atoms with Crippen molar-refractivity contribution in [3.63, 3.8) is 0 Å². The smallest absolute Gasteiger partial charge is 0.319 e. The van der Waals surface area contributed by atoms with Crippen molar-refractivity contribution < 1.29 is 9.59 Å². The number of hydrogen-bond acceptors (Lipinski definition) is 2. The maximum atomic E-state index is 11.6. The predicted molar refractivity (Wildman–Crippen MR) is 75.4 cm³/mol. The van der Waals surface area contributed by atoms with Gasteiger partial charge in [0.15, 0.2) is 0 Å². The Kier molecular flexibility index (Phi) is 3.85. The van der Waals surface area contributed by atoms with E-state index in [1.165, 1.54) is 0 Å². The second kappa shape index (κ2) is 5.56. The van der Waals surface area contributed by atoms with E-state index in [0.29, 0.717) is 19.4 Å². The van der Waals surface area contributed by atoms with Crippen molar-refractivity contribution in [1.82, 2.24) is 5.32 Å². The van der Waals surface area contributed by atoms with E-state index in [9.17, 15) is 9.59 Å². The maximum absolute atomic E-state index is 11.6. The molecular weight excluding hydrogens is 242 g/mol. The van der Waals surface area contributed by atoms with E-state index in [1.807, 2.05) is 12.1 Å². The van der Waals surface area contributed by atoms with E-state index in [4.69, 9.17) is 0 Å². The molecule has 1 heterocycles. The van der Waals surface area contributed by atoms with Crippen LogP contribution in [-0.4, -0.2) is 25.5 Å². The van der Waals surface area contributed by atoms with E-state index in [0.717, 1.165) is 16.9 Å². The summed E-state index contributed by atoms with van der Waals surface area (Å²) in [5.74, 6) is 0.122. The minimum absolute atomic E-state index is 0.122. The number of rotatable bonds is 3. The molecule has 0 saturated carbocycles. The minimum Gasteiger partial charge on any atom is -0.334 e. The van der Waals surface area contributed by atoms with Crippen molar-refractivity contribution in [2.75, 3.05) is 23.8 Å². The van der Waals surface area contributed by atoms with Crippen LogP contribution in [0.15, 0.2) is 30.9 Å². The molecule has 5 nitrogen and oxygen atoms in total. The van der Waals surface area contributed by atoms with Crippen molar-refractivity contribution in [1.29, 1.82) is 0 Å².